The quantitative estimate of drug-likeness (QED) is 0.672. The van der Waals surface area contributed by atoms with Gasteiger partial charge in [-0.1, -0.05) is 0 Å². The van der Waals surface area contributed by atoms with E-state index < -0.39 is 6.10 Å². The van der Waals surface area contributed by atoms with E-state index in [1.807, 2.05) is 0 Å². The smallest absolute Gasteiger partial charge is 0.115 e. The first kappa shape index (κ1) is 8.69. The molecule has 1 unspecified atom stereocenters. The van der Waals surface area contributed by atoms with E-state index >= 15 is 0 Å². The molecule has 0 aromatic carbocycles. The monoisotopic (exact) mass is 162 g/mol. The second-order valence-corrected chi connectivity index (χ2v) is 2.39. The van der Waals surface area contributed by atoms with Crippen LogP contribution in [-0.4, -0.2) is 15.1 Å². The molecule has 62 valence electrons. The molecule has 0 aliphatic heterocycles. The lowest BCUT2D eigenvalue weighted by atomic mass is 10.1. The van der Waals surface area contributed by atoms with Crippen molar-refractivity contribution in [3.05, 3.63) is 24.3 Å². The third-order valence-electron chi connectivity index (χ3n) is 1.51. The zero-order valence-corrected chi connectivity index (χ0v) is 6.64. The van der Waals surface area contributed by atoms with Crippen LogP contribution in [0.15, 0.2) is 18.6 Å². The van der Waals surface area contributed by atoms with Gasteiger partial charge in [0.1, 0.15) is 6.33 Å². The highest BCUT2D eigenvalue weighted by Gasteiger charge is 2.06. The zero-order chi connectivity index (χ0) is 8.81. The molecular weight excluding hydrogens is 152 g/mol. The predicted molar refractivity (Wildman–Crippen MR) is 45.1 cm³/mol. The van der Waals surface area contributed by atoms with Gasteiger partial charge >= 0.3 is 0 Å². The zero-order valence-electron chi connectivity index (χ0n) is 6.64. The highest BCUT2D eigenvalue weighted by atomic mass is 16.3. The molecule has 1 aromatic rings. The van der Waals surface area contributed by atoms with Gasteiger partial charge in [0.2, 0.25) is 0 Å². The van der Waals surface area contributed by atoms with Crippen molar-refractivity contribution in [2.45, 2.75) is 18.9 Å². The number of nitrogens with zero attached hydrogens (tertiary/aromatic N) is 2. The molecule has 0 aliphatic carbocycles. The molecule has 12 heavy (non-hydrogen) atoms. The molecule has 1 aromatic heterocycles. The summed E-state index contributed by atoms with van der Waals surface area (Å²) >= 11 is 0. The van der Waals surface area contributed by atoms with E-state index in [4.69, 9.17) is 6.42 Å². The van der Waals surface area contributed by atoms with Gasteiger partial charge < -0.3 is 5.11 Å². The Morgan fingerprint density at radius 2 is 2.50 bits per heavy atom. The minimum absolute atomic E-state index is 0.549. The third kappa shape index (κ3) is 2.33. The fourth-order valence-corrected chi connectivity index (χ4v) is 0.866. The highest BCUT2D eigenvalue weighted by Crippen LogP contribution is 2.13. The summed E-state index contributed by atoms with van der Waals surface area (Å²) in [6, 6.07) is 1.68. The van der Waals surface area contributed by atoms with E-state index in [0.717, 1.165) is 0 Å². The molecule has 0 saturated carbocycles. The Bertz CT molecular complexity index is 266. The molecule has 0 bridgehead atoms. The van der Waals surface area contributed by atoms with Crippen molar-refractivity contribution in [3.8, 4) is 12.3 Å². The molecule has 3 heteroatoms. The molecule has 0 amide bonds. The van der Waals surface area contributed by atoms with Crippen LogP contribution in [0.1, 0.15) is 24.6 Å². The van der Waals surface area contributed by atoms with E-state index in [0.29, 0.717) is 18.5 Å². The third-order valence-corrected chi connectivity index (χ3v) is 1.51. The SMILES string of the molecule is C#CCCC(O)c1ccncn1. The summed E-state index contributed by atoms with van der Waals surface area (Å²) in [7, 11) is 0. The summed E-state index contributed by atoms with van der Waals surface area (Å²) in [6.07, 6.45) is 8.61. The Labute approximate surface area is 71.5 Å². The van der Waals surface area contributed by atoms with Crippen LogP contribution in [0.3, 0.4) is 0 Å². The molecule has 0 spiro atoms. The molecule has 0 aliphatic rings. The van der Waals surface area contributed by atoms with Crippen LogP contribution in [0, 0.1) is 12.3 Å². The number of aromatic nitrogens is 2. The molecule has 0 fully saturated rings. The van der Waals surface area contributed by atoms with Gasteiger partial charge in [-0.3, -0.25) is 0 Å². The normalized spacial score (nSPS) is 12.0. The fraction of sp³-hybridized carbons (Fsp3) is 0.333. The minimum Gasteiger partial charge on any atom is -0.387 e. The first-order valence-electron chi connectivity index (χ1n) is 3.72. The number of rotatable bonds is 3. The van der Waals surface area contributed by atoms with Gasteiger partial charge in [0.05, 0.1) is 11.8 Å². The summed E-state index contributed by atoms with van der Waals surface area (Å²) in [5, 5.41) is 9.47. The van der Waals surface area contributed by atoms with Crippen LogP contribution in [0.2, 0.25) is 0 Å². The summed E-state index contributed by atoms with van der Waals surface area (Å²) in [4.78, 5) is 7.65. The maximum absolute atomic E-state index is 9.47. The Morgan fingerprint density at radius 3 is 3.08 bits per heavy atom. The van der Waals surface area contributed by atoms with Gasteiger partial charge in [0, 0.05) is 12.6 Å². The Hall–Kier alpha value is -1.40. The maximum atomic E-state index is 9.47. The van der Waals surface area contributed by atoms with Crippen molar-refractivity contribution in [2.24, 2.45) is 0 Å². The van der Waals surface area contributed by atoms with Crippen molar-refractivity contribution in [1.29, 1.82) is 0 Å². The van der Waals surface area contributed by atoms with Crippen LogP contribution in [0.25, 0.3) is 0 Å². The summed E-state index contributed by atoms with van der Waals surface area (Å²) < 4.78 is 0. The maximum Gasteiger partial charge on any atom is 0.115 e. The van der Waals surface area contributed by atoms with Crippen molar-refractivity contribution in [2.75, 3.05) is 0 Å². The molecule has 3 nitrogen and oxygen atoms in total. The molecule has 1 rings (SSSR count). The molecule has 0 saturated heterocycles. The first-order valence-corrected chi connectivity index (χ1v) is 3.72. The van der Waals surface area contributed by atoms with Gasteiger partial charge in [-0.2, -0.15) is 0 Å². The molecule has 1 heterocycles. The number of aliphatic hydroxyl groups excluding tert-OH is 1. The second-order valence-electron chi connectivity index (χ2n) is 2.39. The predicted octanol–water partition coefficient (Wildman–Crippen LogP) is 0.923. The average molecular weight is 162 g/mol. The topological polar surface area (TPSA) is 46.0 Å². The summed E-state index contributed by atoms with van der Waals surface area (Å²) in [5.41, 5.74) is 0.625. The number of terminal acetylenes is 1. The van der Waals surface area contributed by atoms with Gasteiger partial charge in [-0.15, -0.1) is 12.3 Å². The van der Waals surface area contributed by atoms with Crippen LogP contribution in [0.4, 0.5) is 0 Å². The van der Waals surface area contributed by atoms with Crippen molar-refractivity contribution < 1.29 is 5.11 Å². The Kier molecular flexibility index (Phi) is 3.24. The average Bonchev–Trinajstić information content (AvgIpc) is 2.15. The standard InChI is InChI=1S/C9H10N2O/c1-2-3-4-9(12)8-5-6-10-7-11-8/h1,5-7,9,12H,3-4H2. The Balaban J connectivity index is 2.55. The van der Waals surface area contributed by atoms with E-state index in [1.54, 1.807) is 12.3 Å². The van der Waals surface area contributed by atoms with E-state index in [2.05, 4.69) is 15.9 Å². The minimum atomic E-state index is -0.566. The number of hydrogen-bond acceptors (Lipinski definition) is 3. The highest BCUT2D eigenvalue weighted by molar-refractivity contribution is 5.02. The number of hydrogen-bond donors (Lipinski definition) is 1. The van der Waals surface area contributed by atoms with Gasteiger partial charge in [-0.25, -0.2) is 9.97 Å². The van der Waals surface area contributed by atoms with E-state index in [1.165, 1.54) is 6.33 Å². The van der Waals surface area contributed by atoms with Gasteiger partial charge in [0.25, 0.3) is 0 Å². The van der Waals surface area contributed by atoms with Crippen LogP contribution in [-0.2, 0) is 0 Å². The lowest BCUT2D eigenvalue weighted by molar-refractivity contribution is 0.164. The summed E-state index contributed by atoms with van der Waals surface area (Å²) in [5.74, 6) is 2.46. The van der Waals surface area contributed by atoms with Gasteiger partial charge in [-0.05, 0) is 12.5 Å². The number of aliphatic hydroxyl groups is 1. The molecule has 0 radical (unpaired) electrons. The van der Waals surface area contributed by atoms with E-state index in [9.17, 15) is 5.11 Å². The lowest BCUT2D eigenvalue weighted by Crippen LogP contribution is -1.99. The molecule has 1 atom stereocenters. The fourth-order valence-electron chi connectivity index (χ4n) is 0.866. The Morgan fingerprint density at radius 1 is 1.67 bits per heavy atom. The van der Waals surface area contributed by atoms with Gasteiger partial charge in [0.15, 0.2) is 0 Å². The van der Waals surface area contributed by atoms with Crippen LogP contribution in [0.5, 0.6) is 0 Å². The molecule has 1 N–H and O–H groups in total. The summed E-state index contributed by atoms with van der Waals surface area (Å²) in [6.45, 7) is 0. The van der Waals surface area contributed by atoms with Crippen molar-refractivity contribution in [1.82, 2.24) is 9.97 Å². The van der Waals surface area contributed by atoms with Crippen molar-refractivity contribution >= 4 is 0 Å². The largest absolute Gasteiger partial charge is 0.387 e. The van der Waals surface area contributed by atoms with Crippen molar-refractivity contribution in [3.63, 3.8) is 0 Å². The first-order chi connectivity index (χ1) is 5.84. The van der Waals surface area contributed by atoms with E-state index in [-0.39, 0.29) is 0 Å². The molecular formula is C9H10N2O. The lowest BCUT2D eigenvalue weighted by Gasteiger charge is -2.06. The van der Waals surface area contributed by atoms with Crippen LogP contribution >= 0.6 is 0 Å². The van der Waals surface area contributed by atoms with Crippen LogP contribution < -0.4 is 0 Å². The second kappa shape index (κ2) is 4.47.